The standard InChI is InChI=1S/C21H21NO3/c1-15(21(23)22-18-12-10-16(11-13-18)14-24-2)25-20-9-5-7-17-6-3-4-8-19(17)20/h3-13,15H,14H2,1-2H3,(H,22,23)/t15-/m1/s1. The molecule has 0 heterocycles. The van der Waals surface area contributed by atoms with Crippen LogP contribution in [0.3, 0.4) is 0 Å². The van der Waals surface area contributed by atoms with Gasteiger partial charge in [-0.2, -0.15) is 0 Å². The van der Waals surface area contributed by atoms with Gasteiger partial charge in [-0.1, -0.05) is 48.5 Å². The van der Waals surface area contributed by atoms with Crippen molar-refractivity contribution in [3.8, 4) is 5.75 Å². The highest BCUT2D eigenvalue weighted by atomic mass is 16.5. The largest absolute Gasteiger partial charge is 0.480 e. The van der Waals surface area contributed by atoms with Crippen LogP contribution >= 0.6 is 0 Å². The first-order chi connectivity index (χ1) is 12.2. The summed E-state index contributed by atoms with van der Waals surface area (Å²) in [5, 5.41) is 4.95. The molecule has 1 atom stereocenters. The van der Waals surface area contributed by atoms with Crippen molar-refractivity contribution in [3.05, 3.63) is 72.3 Å². The molecule has 0 bridgehead atoms. The van der Waals surface area contributed by atoms with E-state index >= 15 is 0 Å². The Morgan fingerprint density at radius 1 is 1.00 bits per heavy atom. The number of carbonyl (C=O) groups excluding carboxylic acids is 1. The van der Waals surface area contributed by atoms with Crippen LogP contribution < -0.4 is 10.1 Å². The molecule has 0 aliphatic rings. The summed E-state index contributed by atoms with van der Waals surface area (Å²) < 4.78 is 11.0. The second kappa shape index (κ2) is 7.81. The second-order valence-corrected chi connectivity index (χ2v) is 5.86. The number of hydrogen-bond donors (Lipinski definition) is 1. The second-order valence-electron chi connectivity index (χ2n) is 5.86. The first-order valence-corrected chi connectivity index (χ1v) is 8.20. The van der Waals surface area contributed by atoms with Gasteiger partial charge in [-0.15, -0.1) is 0 Å². The van der Waals surface area contributed by atoms with Gasteiger partial charge in [0.15, 0.2) is 6.10 Å². The monoisotopic (exact) mass is 335 g/mol. The number of rotatable bonds is 6. The Morgan fingerprint density at radius 3 is 2.48 bits per heavy atom. The van der Waals surface area contributed by atoms with Crippen LogP contribution in [0, 0.1) is 0 Å². The van der Waals surface area contributed by atoms with Crippen molar-refractivity contribution in [2.75, 3.05) is 12.4 Å². The maximum absolute atomic E-state index is 12.4. The Labute approximate surface area is 147 Å². The number of amides is 1. The van der Waals surface area contributed by atoms with E-state index in [2.05, 4.69) is 5.32 Å². The molecule has 0 aliphatic carbocycles. The van der Waals surface area contributed by atoms with E-state index in [-0.39, 0.29) is 5.91 Å². The third-order valence-corrected chi connectivity index (χ3v) is 3.96. The molecule has 3 aromatic rings. The molecule has 0 saturated carbocycles. The predicted molar refractivity (Wildman–Crippen MR) is 99.8 cm³/mol. The molecule has 0 radical (unpaired) electrons. The Kier molecular flexibility index (Phi) is 5.31. The SMILES string of the molecule is COCc1ccc(NC(=O)[C@@H](C)Oc2cccc3ccccc23)cc1. The van der Waals surface area contributed by atoms with Gasteiger partial charge in [0.05, 0.1) is 6.61 Å². The number of carbonyl (C=O) groups is 1. The number of nitrogens with one attached hydrogen (secondary N) is 1. The predicted octanol–water partition coefficient (Wildman–Crippen LogP) is 4.39. The van der Waals surface area contributed by atoms with Gasteiger partial charge in [-0.3, -0.25) is 4.79 Å². The summed E-state index contributed by atoms with van der Waals surface area (Å²) >= 11 is 0. The summed E-state index contributed by atoms with van der Waals surface area (Å²) in [4.78, 5) is 12.4. The number of fused-ring (bicyclic) bond motifs is 1. The first kappa shape index (κ1) is 17.0. The number of hydrogen-bond acceptors (Lipinski definition) is 3. The Morgan fingerprint density at radius 2 is 1.72 bits per heavy atom. The van der Waals surface area contributed by atoms with Crippen molar-refractivity contribution in [1.82, 2.24) is 0 Å². The molecule has 3 aromatic carbocycles. The molecule has 1 amide bonds. The van der Waals surface area contributed by atoms with Gasteiger partial charge in [-0.25, -0.2) is 0 Å². The molecule has 3 rings (SSSR count). The van der Waals surface area contributed by atoms with E-state index in [4.69, 9.17) is 9.47 Å². The lowest BCUT2D eigenvalue weighted by Crippen LogP contribution is -2.30. The van der Waals surface area contributed by atoms with Gasteiger partial charge >= 0.3 is 0 Å². The molecule has 0 saturated heterocycles. The average Bonchev–Trinajstić information content (AvgIpc) is 2.64. The van der Waals surface area contributed by atoms with Crippen molar-refractivity contribution in [3.63, 3.8) is 0 Å². The maximum Gasteiger partial charge on any atom is 0.265 e. The molecule has 4 heteroatoms. The fraction of sp³-hybridized carbons (Fsp3) is 0.190. The van der Waals surface area contributed by atoms with E-state index in [1.807, 2.05) is 66.7 Å². The summed E-state index contributed by atoms with van der Waals surface area (Å²) in [5.74, 6) is 0.517. The van der Waals surface area contributed by atoms with E-state index in [1.165, 1.54) is 0 Å². The van der Waals surface area contributed by atoms with Crippen molar-refractivity contribution in [2.45, 2.75) is 19.6 Å². The van der Waals surface area contributed by atoms with E-state index < -0.39 is 6.10 Å². The minimum absolute atomic E-state index is 0.188. The Hall–Kier alpha value is -2.85. The minimum Gasteiger partial charge on any atom is -0.480 e. The zero-order chi connectivity index (χ0) is 17.6. The average molecular weight is 335 g/mol. The quantitative estimate of drug-likeness (QED) is 0.726. The minimum atomic E-state index is -0.607. The number of benzene rings is 3. The van der Waals surface area contributed by atoms with Crippen LogP contribution in [0.4, 0.5) is 5.69 Å². The van der Waals surface area contributed by atoms with Gasteiger partial charge in [0.2, 0.25) is 0 Å². The molecular weight excluding hydrogens is 314 g/mol. The lowest BCUT2D eigenvalue weighted by molar-refractivity contribution is -0.122. The fourth-order valence-electron chi connectivity index (χ4n) is 2.64. The van der Waals surface area contributed by atoms with Gasteiger partial charge in [0.25, 0.3) is 5.91 Å². The zero-order valence-corrected chi connectivity index (χ0v) is 14.4. The molecule has 128 valence electrons. The molecule has 0 aliphatic heterocycles. The first-order valence-electron chi connectivity index (χ1n) is 8.20. The van der Waals surface area contributed by atoms with E-state index in [0.29, 0.717) is 12.4 Å². The third kappa shape index (κ3) is 4.17. The van der Waals surface area contributed by atoms with Crippen LogP contribution in [0.15, 0.2) is 66.7 Å². The van der Waals surface area contributed by atoms with Crippen LogP contribution in [0.1, 0.15) is 12.5 Å². The van der Waals surface area contributed by atoms with E-state index in [0.717, 1.165) is 22.0 Å². The van der Waals surface area contributed by atoms with Gasteiger partial charge < -0.3 is 14.8 Å². The van der Waals surface area contributed by atoms with E-state index in [9.17, 15) is 4.79 Å². The lowest BCUT2D eigenvalue weighted by Gasteiger charge is -2.16. The van der Waals surface area contributed by atoms with Gasteiger partial charge in [0.1, 0.15) is 5.75 Å². The Bertz CT molecular complexity index is 853. The van der Waals surface area contributed by atoms with Crippen LogP contribution in [-0.4, -0.2) is 19.1 Å². The number of methoxy groups -OCH3 is 1. The normalized spacial score (nSPS) is 11.9. The zero-order valence-electron chi connectivity index (χ0n) is 14.4. The molecule has 0 fully saturated rings. The number of anilines is 1. The lowest BCUT2D eigenvalue weighted by atomic mass is 10.1. The summed E-state index contributed by atoms with van der Waals surface area (Å²) in [6.45, 7) is 2.30. The highest BCUT2D eigenvalue weighted by Crippen LogP contribution is 2.26. The third-order valence-electron chi connectivity index (χ3n) is 3.96. The molecule has 25 heavy (non-hydrogen) atoms. The van der Waals surface area contributed by atoms with Crippen molar-refractivity contribution >= 4 is 22.4 Å². The van der Waals surface area contributed by atoms with Crippen LogP contribution in [0.2, 0.25) is 0 Å². The van der Waals surface area contributed by atoms with Gasteiger partial charge in [0, 0.05) is 18.2 Å². The van der Waals surface area contributed by atoms with Crippen molar-refractivity contribution in [2.24, 2.45) is 0 Å². The van der Waals surface area contributed by atoms with E-state index in [1.54, 1.807) is 14.0 Å². The van der Waals surface area contributed by atoms with Crippen LogP contribution in [-0.2, 0) is 16.1 Å². The van der Waals surface area contributed by atoms with Crippen LogP contribution in [0.25, 0.3) is 10.8 Å². The smallest absolute Gasteiger partial charge is 0.265 e. The molecule has 0 spiro atoms. The molecule has 0 aromatic heterocycles. The van der Waals surface area contributed by atoms with Crippen LogP contribution in [0.5, 0.6) is 5.75 Å². The van der Waals surface area contributed by atoms with Crippen molar-refractivity contribution < 1.29 is 14.3 Å². The maximum atomic E-state index is 12.4. The molecular formula is C21H21NO3. The molecule has 1 N–H and O–H groups in total. The van der Waals surface area contributed by atoms with Gasteiger partial charge in [-0.05, 0) is 36.1 Å². The summed E-state index contributed by atoms with van der Waals surface area (Å²) in [7, 11) is 1.65. The topological polar surface area (TPSA) is 47.6 Å². The summed E-state index contributed by atoms with van der Waals surface area (Å²) in [6.07, 6.45) is -0.607. The van der Waals surface area contributed by atoms with Crippen molar-refractivity contribution in [1.29, 1.82) is 0 Å². The summed E-state index contributed by atoms with van der Waals surface area (Å²) in [5.41, 5.74) is 1.79. The molecule has 4 nitrogen and oxygen atoms in total. The molecule has 0 unspecified atom stereocenters. The fourth-order valence-corrected chi connectivity index (χ4v) is 2.64. The Balaban J connectivity index is 1.68. The summed E-state index contributed by atoms with van der Waals surface area (Å²) in [6, 6.07) is 21.4. The highest BCUT2D eigenvalue weighted by molar-refractivity contribution is 5.95. The highest BCUT2D eigenvalue weighted by Gasteiger charge is 2.16. The number of ether oxygens (including phenoxy) is 2.